The molecule has 5 heteroatoms. The van der Waals surface area contributed by atoms with Crippen molar-refractivity contribution >= 4 is 28.9 Å². The monoisotopic (exact) mass is 324 g/mol. The molecule has 0 saturated carbocycles. The first-order valence-corrected chi connectivity index (χ1v) is 7.75. The predicted octanol–water partition coefficient (Wildman–Crippen LogP) is 5.05. The molecule has 1 aromatic heterocycles. The Morgan fingerprint density at radius 3 is 2.39 bits per heavy atom. The number of halogens is 1. The molecule has 0 spiro atoms. The van der Waals surface area contributed by atoms with Gasteiger partial charge in [-0.05, 0) is 24.6 Å². The largest absolute Gasteiger partial charge is 0.363 e. The lowest BCUT2D eigenvalue weighted by Crippen LogP contribution is -2.08. The lowest BCUT2D eigenvalue weighted by Gasteiger charge is -2.15. The van der Waals surface area contributed by atoms with Crippen LogP contribution in [0.1, 0.15) is 18.5 Å². The van der Waals surface area contributed by atoms with E-state index in [2.05, 4.69) is 39.7 Å². The molecular formula is C18H17ClN4. The number of anilines is 3. The maximum absolute atomic E-state index is 6.16. The number of hydrogen-bond acceptors (Lipinski definition) is 4. The van der Waals surface area contributed by atoms with Crippen molar-refractivity contribution in [2.75, 3.05) is 10.6 Å². The van der Waals surface area contributed by atoms with Gasteiger partial charge in [-0.2, -0.15) is 0 Å². The van der Waals surface area contributed by atoms with Gasteiger partial charge in [-0.15, -0.1) is 0 Å². The summed E-state index contributed by atoms with van der Waals surface area (Å²) < 4.78 is 0. The first-order chi connectivity index (χ1) is 11.2. The summed E-state index contributed by atoms with van der Waals surface area (Å²) in [5.41, 5.74) is 2.02. The molecule has 0 saturated heterocycles. The van der Waals surface area contributed by atoms with Crippen molar-refractivity contribution < 1.29 is 0 Å². The summed E-state index contributed by atoms with van der Waals surface area (Å²) in [6.07, 6.45) is 1.53. The summed E-state index contributed by atoms with van der Waals surface area (Å²) >= 11 is 6.16. The maximum atomic E-state index is 6.16. The fourth-order valence-corrected chi connectivity index (χ4v) is 2.44. The highest BCUT2D eigenvalue weighted by Gasteiger charge is 2.07. The molecule has 2 aromatic carbocycles. The predicted molar refractivity (Wildman–Crippen MR) is 95.2 cm³/mol. The molecule has 0 fully saturated rings. The van der Waals surface area contributed by atoms with E-state index in [1.807, 2.05) is 48.5 Å². The molecule has 2 N–H and O–H groups in total. The molecule has 3 rings (SSSR count). The first kappa shape index (κ1) is 15.3. The van der Waals surface area contributed by atoms with Gasteiger partial charge in [0, 0.05) is 12.1 Å². The minimum absolute atomic E-state index is 0.152. The van der Waals surface area contributed by atoms with Crippen molar-refractivity contribution in [1.82, 2.24) is 9.97 Å². The van der Waals surface area contributed by atoms with E-state index in [1.54, 1.807) is 0 Å². The smallest absolute Gasteiger partial charge is 0.135 e. The molecule has 0 aliphatic carbocycles. The van der Waals surface area contributed by atoms with E-state index < -0.39 is 0 Å². The van der Waals surface area contributed by atoms with E-state index in [1.165, 1.54) is 11.9 Å². The molecule has 1 atom stereocenters. The number of para-hydroxylation sites is 1. The zero-order chi connectivity index (χ0) is 16.1. The highest BCUT2D eigenvalue weighted by Crippen LogP contribution is 2.25. The lowest BCUT2D eigenvalue weighted by atomic mass is 10.1. The van der Waals surface area contributed by atoms with Gasteiger partial charge in [-0.25, -0.2) is 9.97 Å². The fourth-order valence-electron chi connectivity index (χ4n) is 2.25. The molecule has 0 aliphatic rings. The minimum Gasteiger partial charge on any atom is -0.363 e. The van der Waals surface area contributed by atoms with E-state index in [0.717, 1.165) is 11.5 Å². The lowest BCUT2D eigenvalue weighted by molar-refractivity contribution is 0.872. The minimum atomic E-state index is 0.152. The number of hydrogen-bond donors (Lipinski definition) is 2. The molecule has 116 valence electrons. The molecule has 23 heavy (non-hydrogen) atoms. The summed E-state index contributed by atoms with van der Waals surface area (Å²) in [5, 5.41) is 7.23. The molecule has 3 aromatic rings. The van der Waals surface area contributed by atoms with Crippen LogP contribution in [0.5, 0.6) is 0 Å². The van der Waals surface area contributed by atoms with Gasteiger partial charge >= 0.3 is 0 Å². The van der Waals surface area contributed by atoms with Gasteiger partial charge in [-0.1, -0.05) is 54.1 Å². The van der Waals surface area contributed by atoms with Crippen LogP contribution in [0.25, 0.3) is 0 Å². The standard InChI is InChI=1S/C18H17ClN4/c1-13(14-7-3-2-4-8-14)22-17-11-18(21-12-20-17)23-16-10-6-5-9-15(16)19/h2-13H,1H3,(H2,20,21,22,23). The van der Waals surface area contributed by atoms with Gasteiger partial charge in [0.05, 0.1) is 10.7 Å². The molecule has 1 heterocycles. The van der Waals surface area contributed by atoms with E-state index in [0.29, 0.717) is 10.8 Å². The van der Waals surface area contributed by atoms with Crippen LogP contribution < -0.4 is 10.6 Å². The number of nitrogens with one attached hydrogen (secondary N) is 2. The van der Waals surface area contributed by atoms with Crippen LogP contribution >= 0.6 is 11.6 Å². The van der Waals surface area contributed by atoms with Gasteiger partial charge < -0.3 is 10.6 Å². The van der Waals surface area contributed by atoms with Crippen molar-refractivity contribution in [1.29, 1.82) is 0 Å². The van der Waals surface area contributed by atoms with Crippen LogP contribution in [-0.2, 0) is 0 Å². The van der Waals surface area contributed by atoms with Crippen LogP contribution in [0.3, 0.4) is 0 Å². The highest BCUT2D eigenvalue weighted by molar-refractivity contribution is 6.33. The Morgan fingerprint density at radius 1 is 0.913 bits per heavy atom. The highest BCUT2D eigenvalue weighted by atomic mass is 35.5. The second-order valence-electron chi connectivity index (χ2n) is 5.17. The van der Waals surface area contributed by atoms with E-state index in [4.69, 9.17) is 11.6 Å². The fraction of sp³-hybridized carbons (Fsp3) is 0.111. The second-order valence-corrected chi connectivity index (χ2v) is 5.58. The number of benzene rings is 2. The van der Waals surface area contributed by atoms with Gasteiger partial charge in [0.25, 0.3) is 0 Å². The van der Waals surface area contributed by atoms with Crippen LogP contribution in [0.4, 0.5) is 17.3 Å². The normalized spacial score (nSPS) is 11.7. The third-order valence-electron chi connectivity index (χ3n) is 3.47. The molecule has 0 aliphatic heterocycles. The van der Waals surface area contributed by atoms with Crippen LogP contribution in [-0.4, -0.2) is 9.97 Å². The van der Waals surface area contributed by atoms with Gasteiger partial charge in [0.2, 0.25) is 0 Å². The van der Waals surface area contributed by atoms with Crippen molar-refractivity contribution in [2.24, 2.45) is 0 Å². The SMILES string of the molecule is CC(Nc1cc(Nc2ccccc2Cl)ncn1)c1ccccc1. The number of rotatable bonds is 5. The summed E-state index contributed by atoms with van der Waals surface area (Å²) in [7, 11) is 0. The molecule has 0 bridgehead atoms. The Kier molecular flexibility index (Phi) is 4.74. The Morgan fingerprint density at radius 2 is 1.61 bits per heavy atom. The molecule has 4 nitrogen and oxygen atoms in total. The van der Waals surface area contributed by atoms with Gasteiger partial charge in [-0.3, -0.25) is 0 Å². The Labute approximate surface area is 140 Å². The Balaban J connectivity index is 1.74. The van der Waals surface area contributed by atoms with Crippen molar-refractivity contribution in [3.05, 3.63) is 77.6 Å². The maximum Gasteiger partial charge on any atom is 0.135 e. The number of aromatic nitrogens is 2. The average Bonchev–Trinajstić information content (AvgIpc) is 2.58. The first-order valence-electron chi connectivity index (χ1n) is 7.37. The van der Waals surface area contributed by atoms with E-state index >= 15 is 0 Å². The van der Waals surface area contributed by atoms with Crippen LogP contribution in [0.2, 0.25) is 5.02 Å². The van der Waals surface area contributed by atoms with Crippen LogP contribution in [0.15, 0.2) is 67.0 Å². The Bertz CT molecular complexity index is 777. The molecule has 0 radical (unpaired) electrons. The summed E-state index contributed by atoms with van der Waals surface area (Å²) in [5.74, 6) is 1.45. The third-order valence-corrected chi connectivity index (χ3v) is 3.80. The quantitative estimate of drug-likeness (QED) is 0.689. The molecular weight excluding hydrogens is 308 g/mol. The average molecular weight is 325 g/mol. The number of nitrogens with zero attached hydrogens (tertiary/aromatic N) is 2. The van der Waals surface area contributed by atoms with E-state index in [9.17, 15) is 0 Å². The van der Waals surface area contributed by atoms with Gasteiger partial charge in [0.1, 0.15) is 18.0 Å². The summed E-state index contributed by atoms with van der Waals surface area (Å²) in [6.45, 7) is 2.10. The van der Waals surface area contributed by atoms with Crippen molar-refractivity contribution in [3.63, 3.8) is 0 Å². The topological polar surface area (TPSA) is 49.8 Å². The van der Waals surface area contributed by atoms with E-state index in [-0.39, 0.29) is 6.04 Å². The molecule has 0 amide bonds. The zero-order valence-electron chi connectivity index (χ0n) is 12.7. The summed E-state index contributed by atoms with van der Waals surface area (Å²) in [6, 6.07) is 19.8. The Hall–Kier alpha value is -2.59. The summed E-state index contributed by atoms with van der Waals surface area (Å²) in [4.78, 5) is 8.51. The van der Waals surface area contributed by atoms with Crippen LogP contribution in [0, 0.1) is 0 Å². The zero-order valence-corrected chi connectivity index (χ0v) is 13.5. The van der Waals surface area contributed by atoms with Crippen molar-refractivity contribution in [2.45, 2.75) is 13.0 Å². The molecule has 1 unspecified atom stereocenters. The van der Waals surface area contributed by atoms with Gasteiger partial charge in [0.15, 0.2) is 0 Å². The third kappa shape index (κ3) is 3.99. The second kappa shape index (κ2) is 7.11. The van der Waals surface area contributed by atoms with Crippen molar-refractivity contribution in [3.8, 4) is 0 Å².